The van der Waals surface area contributed by atoms with Crippen LogP contribution in [0.1, 0.15) is 26.7 Å². The Labute approximate surface area is 187 Å². The third kappa shape index (κ3) is 5.35. The zero-order chi connectivity index (χ0) is 21.7. The molecular formula is C22H27BrN2O4S. The number of likely N-dealkylation sites (tertiary alicyclic amines) is 1. The summed E-state index contributed by atoms with van der Waals surface area (Å²) in [4.78, 5) is 14.9. The van der Waals surface area contributed by atoms with Crippen LogP contribution in [0.3, 0.4) is 0 Å². The van der Waals surface area contributed by atoms with Crippen LogP contribution >= 0.6 is 15.9 Å². The monoisotopic (exact) mass is 494 g/mol. The zero-order valence-corrected chi connectivity index (χ0v) is 19.7. The first-order valence-electron chi connectivity index (χ1n) is 10.1. The Morgan fingerprint density at radius 3 is 2.43 bits per heavy atom. The number of sulfonamides is 1. The number of piperidine rings is 1. The molecule has 2 aromatic rings. The number of halogens is 1. The molecule has 30 heavy (non-hydrogen) atoms. The molecule has 1 heterocycles. The molecule has 8 heteroatoms. The second-order valence-corrected chi connectivity index (χ2v) is 10.3. The van der Waals surface area contributed by atoms with Crippen molar-refractivity contribution in [3.8, 4) is 5.75 Å². The normalized spacial score (nSPS) is 16.9. The van der Waals surface area contributed by atoms with E-state index >= 15 is 0 Å². The second-order valence-electron chi connectivity index (χ2n) is 7.48. The lowest BCUT2D eigenvalue weighted by Gasteiger charge is -2.33. The van der Waals surface area contributed by atoms with Crippen LogP contribution in [-0.2, 0) is 14.8 Å². The molecule has 1 saturated heterocycles. The average molecular weight is 495 g/mol. The van der Waals surface area contributed by atoms with Crippen molar-refractivity contribution in [3.63, 3.8) is 0 Å². The predicted octanol–water partition coefficient (Wildman–Crippen LogP) is 4.30. The number of ether oxygens (including phenoxy) is 1. The molecule has 1 aliphatic rings. The van der Waals surface area contributed by atoms with E-state index in [1.165, 1.54) is 16.4 Å². The Balaban J connectivity index is 1.93. The highest BCUT2D eigenvalue weighted by Crippen LogP contribution is 2.27. The van der Waals surface area contributed by atoms with Crippen LogP contribution in [0.25, 0.3) is 0 Å². The van der Waals surface area contributed by atoms with Crippen molar-refractivity contribution in [1.82, 2.24) is 4.90 Å². The lowest BCUT2D eigenvalue weighted by Crippen LogP contribution is -2.46. The molecule has 1 atom stereocenters. The summed E-state index contributed by atoms with van der Waals surface area (Å²) >= 11 is 3.33. The molecule has 0 saturated carbocycles. The van der Waals surface area contributed by atoms with Crippen molar-refractivity contribution >= 4 is 37.5 Å². The van der Waals surface area contributed by atoms with Gasteiger partial charge < -0.3 is 9.64 Å². The zero-order valence-electron chi connectivity index (χ0n) is 17.3. The highest BCUT2D eigenvalue weighted by molar-refractivity contribution is 9.10. The first kappa shape index (κ1) is 22.6. The number of hydrogen-bond donors (Lipinski definition) is 0. The summed E-state index contributed by atoms with van der Waals surface area (Å²) < 4.78 is 34.3. The molecule has 0 spiro atoms. The summed E-state index contributed by atoms with van der Waals surface area (Å²) in [6, 6.07) is 13.2. The maximum Gasteiger partial charge on any atom is 0.264 e. The van der Waals surface area contributed by atoms with Crippen molar-refractivity contribution in [2.45, 2.75) is 31.6 Å². The molecule has 1 fully saturated rings. The van der Waals surface area contributed by atoms with Gasteiger partial charge in [0.1, 0.15) is 12.3 Å². The SMILES string of the molecule is CCOc1ccc(N(CC(=O)N2CCCC(C)C2)S(=O)(=O)c2ccc(Br)cc2)cc1. The third-order valence-electron chi connectivity index (χ3n) is 5.13. The third-order valence-corrected chi connectivity index (χ3v) is 7.44. The molecule has 0 aliphatic carbocycles. The Kier molecular flexibility index (Phi) is 7.41. The largest absolute Gasteiger partial charge is 0.494 e. The summed E-state index contributed by atoms with van der Waals surface area (Å²) in [7, 11) is -3.92. The molecule has 0 bridgehead atoms. The molecule has 0 aromatic heterocycles. The minimum absolute atomic E-state index is 0.138. The minimum Gasteiger partial charge on any atom is -0.494 e. The van der Waals surface area contributed by atoms with E-state index in [2.05, 4.69) is 22.9 Å². The molecular weight excluding hydrogens is 468 g/mol. The van der Waals surface area contributed by atoms with Gasteiger partial charge in [-0.3, -0.25) is 9.10 Å². The smallest absolute Gasteiger partial charge is 0.264 e. The molecule has 2 aromatic carbocycles. The van der Waals surface area contributed by atoms with Crippen molar-refractivity contribution < 1.29 is 17.9 Å². The van der Waals surface area contributed by atoms with E-state index in [-0.39, 0.29) is 17.3 Å². The number of anilines is 1. The molecule has 1 amide bonds. The van der Waals surface area contributed by atoms with Crippen molar-refractivity contribution in [2.75, 3.05) is 30.5 Å². The summed E-state index contributed by atoms with van der Waals surface area (Å²) in [5.74, 6) is 0.888. The average Bonchev–Trinajstić information content (AvgIpc) is 2.73. The van der Waals surface area contributed by atoms with Crippen molar-refractivity contribution in [1.29, 1.82) is 0 Å². The van der Waals surface area contributed by atoms with E-state index in [0.29, 0.717) is 37.1 Å². The van der Waals surface area contributed by atoms with E-state index in [1.54, 1.807) is 41.3 Å². The van der Waals surface area contributed by atoms with E-state index in [4.69, 9.17) is 4.74 Å². The first-order valence-corrected chi connectivity index (χ1v) is 12.3. The minimum atomic E-state index is -3.92. The highest BCUT2D eigenvalue weighted by atomic mass is 79.9. The second kappa shape index (κ2) is 9.83. The molecule has 1 unspecified atom stereocenters. The summed E-state index contributed by atoms with van der Waals surface area (Å²) in [6.07, 6.45) is 2.03. The topological polar surface area (TPSA) is 66.9 Å². The van der Waals surface area contributed by atoms with Crippen LogP contribution in [0, 0.1) is 5.92 Å². The van der Waals surface area contributed by atoms with Crippen molar-refractivity contribution in [3.05, 3.63) is 53.0 Å². The standard InChI is InChI=1S/C22H27BrN2O4S/c1-3-29-20-10-8-19(9-11-20)25(16-22(26)24-14-4-5-17(2)15-24)30(27,28)21-12-6-18(23)7-13-21/h6-13,17H,3-5,14-16H2,1-2H3. The number of benzene rings is 2. The van der Waals surface area contributed by atoms with Crippen LogP contribution in [0.15, 0.2) is 57.9 Å². The summed E-state index contributed by atoms with van der Waals surface area (Å²) in [5.41, 5.74) is 0.430. The number of nitrogens with zero attached hydrogens (tertiary/aromatic N) is 2. The Morgan fingerprint density at radius 1 is 1.17 bits per heavy atom. The number of rotatable bonds is 7. The van der Waals surface area contributed by atoms with E-state index in [9.17, 15) is 13.2 Å². The fourth-order valence-electron chi connectivity index (χ4n) is 3.56. The van der Waals surface area contributed by atoms with Gasteiger partial charge in [-0.1, -0.05) is 22.9 Å². The van der Waals surface area contributed by atoms with Gasteiger partial charge in [0.2, 0.25) is 5.91 Å². The first-order chi connectivity index (χ1) is 14.3. The Bertz CT molecular complexity index is 962. The van der Waals surface area contributed by atoms with Gasteiger partial charge in [-0.15, -0.1) is 0 Å². The lowest BCUT2D eigenvalue weighted by atomic mass is 10.0. The van der Waals surface area contributed by atoms with Gasteiger partial charge >= 0.3 is 0 Å². The van der Waals surface area contributed by atoms with Gasteiger partial charge in [-0.2, -0.15) is 0 Å². The molecule has 162 valence electrons. The number of amides is 1. The highest BCUT2D eigenvalue weighted by Gasteiger charge is 2.30. The van der Waals surface area contributed by atoms with Crippen LogP contribution in [0.5, 0.6) is 5.75 Å². The maximum absolute atomic E-state index is 13.4. The Hall–Kier alpha value is -2.06. The van der Waals surface area contributed by atoms with E-state index in [1.807, 2.05) is 6.92 Å². The summed E-state index contributed by atoms with van der Waals surface area (Å²) in [5, 5.41) is 0. The predicted molar refractivity (Wildman–Crippen MR) is 121 cm³/mol. The van der Waals surface area contributed by atoms with Gasteiger partial charge in [0.15, 0.2) is 0 Å². The molecule has 3 rings (SSSR count). The number of hydrogen-bond acceptors (Lipinski definition) is 4. The van der Waals surface area contributed by atoms with Crippen molar-refractivity contribution in [2.24, 2.45) is 5.92 Å². The molecule has 1 aliphatic heterocycles. The van der Waals surface area contributed by atoms with Crippen LogP contribution in [0.4, 0.5) is 5.69 Å². The van der Waals surface area contributed by atoms with Crippen LogP contribution < -0.4 is 9.04 Å². The molecule has 6 nitrogen and oxygen atoms in total. The number of carbonyl (C=O) groups is 1. The quantitative estimate of drug-likeness (QED) is 0.575. The van der Waals surface area contributed by atoms with Crippen LogP contribution in [-0.4, -0.2) is 45.5 Å². The van der Waals surface area contributed by atoms with Gasteiger partial charge in [-0.05, 0) is 74.2 Å². The lowest BCUT2D eigenvalue weighted by molar-refractivity contribution is -0.131. The molecule has 0 radical (unpaired) electrons. The van der Waals surface area contributed by atoms with E-state index in [0.717, 1.165) is 17.3 Å². The van der Waals surface area contributed by atoms with Gasteiger partial charge in [-0.25, -0.2) is 8.42 Å². The Morgan fingerprint density at radius 2 is 1.83 bits per heavy atom. The fraction of sp³-hybridized carbons (Fsp3) is 0.409. The molecule has 0 N–H and O–H groups in total. The van der Waals surface area contributed by atoms with Gasteiger partial charge in [0.25, 0.3) is 10.0 Å². The number of carbonyl (C=O) groups excluding carboxylic acids is 1. The van der Waals surface area contributed by atoms with E-state index < -0.39 is 10.0 Å². The van der Waals surface area contributed by atoms with Gasteiger partial charge in [0.05, 0.1) is 17.2 Å². The van der Waals surface area contributed by atoms with Gasteiger partial charge in [0, 0.05) is 17.6 Å². The van der Waals surface area contributed by atoms with Crippen LogP contribution in [0.2, 0.25) is 0 Å². The maximum atomic E-state index is 13.4. The fourth-order valence-corrected chi connectivity index (χ4v) is 5.24. The summed E-state index contributed by atoms with van der Waals surface area (Å²) in [6.45, 7) is 5.61.